The van der Waals surface area contributed by atoms with Crippen molar-refractivity contribution >= 4 is 16.8 Å². The van der Waals surface area contributed by atoms with Crippen molar-refractivity contribution in [1.29, 1.82) is 0 Å². The van der Waals surface area contributed by atoms with Crippen molar-refractivity contribution in [2.24, 2.45) is 7.05 Å². The van der Waals surface area contributed by atoms with Crippen LogP contribution in [0.1, 0.15) is 11.1 Å². The van der Waals surface area contributed by atoms with Gasteiger partial charge in [0.1, 0.15) is 17.2 Å². The van der Waals surface area contributed by atoms with Crippen molar-refractivity contribution in [3.8, 4) is 0 Å². The number of fused-ring (bicyclic) bond motifs is 3. The molecule has 0 saturated heterocycles. The maximum Gasteiger partial charge on any atom is 0.352 e. The Morgan fingerprint density at radius 1 is 0.935 bits per heavy atom. The SMILES string of the molecule is Cn1cc2c(n1)c(=O)n(Cc1ccc(F)cc1)c1nn(Cc3ccccc3F)c(=O)n21. The number of nitrogens with zero attached hydrogens (tertiary/aromatic N) is 6. The molecule has 10 heteroatoms. The van der Waals surface area contributed by atoms with Gasteiger partial charge in [0.05, 0.1) is 13.1 Å². The van der Waals surface area contributed by atoms with E-state index in [-0.39, 0.29) is 24.4 Å². The highest BCUT2D eigenvalue weighted by Crippen LogP contribution is 2.13. The highest BCUT2D eigenvalue weighted by molar-refractivity contribution is 5.75. The number of hydrogen-bond acceptors (Lipinski definition) is 4. The lowest BCUT2D eigenvalue weighted by Gasteiger charge is -2.07. The second kappa shape index (κ2) is 7.01. The topological polar surface area (TPSA) is 79.1 Å². The Morgan fingerprint density at radius 2 is 1.68 bits per heavy atom. The van der Waals surface area contributed by atoms with Gasteiger partial charge in [-0.3, -0.25) is 14.0 Å². The smallest absolute Gasteiger partial charge is 0.273 e. The molecule has 31 heavy (non-hydrogen) atoms. The minimum Gasteiger partial charge on any atom is -0.273 e. The zero-order valence-electron chi connectivity index (χ0n) is 16.4. The second-order valence-electron chi connectivity index (χ2n) is 7.22. The maximum absolute atomic E-state index is 14.1. The molecule has 156 valence electrons. The average Bonchev–Trinajstić information content (AvgIpc) is 3.28. The molecule has 0 amide bonds. The molecule has 5 aromatic rings. The summed E-state index contributed by atoms with van der Waals surface area (Å²) in [6.07, 6.45) is 1.56. The van der Waals surface area contributed by atoms with Gasteiger partial charge >= 0.3 is 5.69 Å². The predicted octanol–water partition coefficient (Wildman–Crippen LogP) is 1.92. The predicted molar refractivity (Wildman–Crippen MR) is 109 cm³/mol. The number of aromatic nitrogens is 6. The van der Waals surface area contributed by atoms with Crippen LogP contribution in [-0.4, -0.2) is 28.5 Å². The second-order valence-corrected chi connectivity index (χ2v) is 7.22. The molecule has 2 aromatic carbocycles. The molecule has 0 saturated carbocycles. The molecule has 8 nitrogen and oxygen atoms in total. The lowest BCUT2D eigenvalue weighted by atomic mass is 10.2. The lowest BCUT2D eigenvalue weighted by Crippen LogP contribution is -2.26. The summed E-state index contributed by atoms with van der Waals surface area (Å²) in [4.78, 5) is 26.3. The maximum atomic E-state index is 14.1. The van der Waals surface area contributed by atoms with Crippen molar-refractivity contribution in [3.05, 3.63) is 98.3 Å². The summed E-state index contributed by atoms with van der Waals surface area (Å²) in [5.74, 6) is -0.760. The summed E-state index contributed by atoms with van der Waals surface area (Å²) in [6.45, 7) is -0.0367. The first-order valence-corrected chi connectivity index (χ1v) is 9.46. The van der Waals surface area contributed by atoms with Crippen LogP contribution >= 0.6 is 0 Å². The Balaban J connectivity index is 1.76. The average molecular weight is 422 g/mol. The van der Waals surface area contributed by atoms with E-state index in [2.05, 4.69) is 10.2 Å². The third-order valence-electron chi connectivity index (χ3n) is 5.09. The molecule has 0 radical (unpaired) electrons. The molecule has 0 atom stereocenters. The van der Waals surface area contributed by atoms with Gasteiger partial charge in [0.15, 0.2) is 5.52 Å². The first kappa shape index (κ1) is 18.9. The Labute approximate surface area is 173 Å². The van der Waals surface area contributed by atoms with Gasteiger partial charge in [-0.05, 0) is 23.8 Å². The van der Waals surface area contributed by atoms with E-state index in [1.165, 1.54) is 31.8 Å². The van der Waals surface area contributed by atoms with Crippen molar-refractivity contribution in [1.82, 2.24) is 28.5 Å². The molecule has 0 N–H and O–H groups in total. The van der Waals surface area contributed by atoms with Gasteiger partial charge in [0.25, 0.3) is 5.56 Å². The molecule has 0 aliphatic rings. The molecule has 0 fully saturated rings. The molecule has 5 rings (SSSR count). The number of hydrogen-bond donors (Lipinski definition) is 0. The molecule has 0 aliphatic carbocycles. The van der Waals surface area contributed by atoms with Gasteiger partial charge in [-0.2, -0.15) is 5.10 Å². The third-order valence-corrected chi connectivity index (χ3v) is 5.09. The fraction of sp³-hybridized carbons (Fsp3) is 0.143. The molecular weight excluding hydrogens is 406 g/mol. The lowest BCUT2D eigenvalue weighted by molar-refractivity contribution is 0.577. The minimum absolute atomic E-state index is 0.0608. The van der Waals surface area contributed by atoms with Gasteiger partial charge in [0, 0.05) is 18.8 Å². The van der Waals surface area contributed by atoms with Crippen molar-refractivity contribution in [2.75, 3.05) is 0 Å². The van der Waals surface area contributed by atoms with E-state index in [1.54, 1.807) is 43.6 Å². The summed E-state index contributed by atoms with van der Waals surface area (Å²) < 4.78 is 32.6. The van der Waals surface area contributed by atoms with Crippen LogP contribution in [0.4, 0.5) is 8.78 Å². The van der Waals surface area contributed by atoms with Gasteiger partial charge in [0.2, 0.25) is 5.78 Å². The summed E-state index contributed by atoms with van der Waals surface area (Å²) in [5, 5.41) is 8.53. The first-order chi connectivity index (χ1) is 14.9. The summed E-state index contributed by atoms with van der Waals surface area (Å²) in [5.41, 5.74) is 0.395. The van der Waals surface area contributed by atoms with Crippen molar-refractivity contribution in [2.45, 2.75) is 13.1 Å². The van der Waals surface area contributed by atoms with Crippen LogP contribution in [0, 0.1) is 11.6 Å². The molecule has 0 aliphatic heterocycles. The largest absolute Gasteiger partial charge is 0.352 e. The Kier molecular flexibility index (Phi) is 4.28. The van der Waals surface area contributed by atoms with Gasteiger partial charge in [-0.15, -0.1) is 5.10 Å². The van der Waals surface area contributed by atoms with Crippen LogP contribution in [0.5, 0.6) is 0 Å². The molecule has 3 heterocycles. The molecule has 0 spiro atoms. The number of halogens is 2. The highest BCUT2D eigenvalue weighted by Gasteiger charge is 2.20. The van der Waals surface area contributed by atoms with Crippen LogP contribution in [0.3, 0.4) is 0 Å². The van der Waals surface area contributed by atoms with Crippen LogP contribution in [0.15, 0.2) is 64.3 Å². The van der Waals surface area contributed by atoms with Crippen LogP contribution in [0.25, 0.3) is 16.8 Å². The fourth-order valence-electron chi connectivity index (χ4n) is 3.60. The van der Waals surface area contributed by atoms with Gasteiger partial charge in [-0.1, -0.05) is 30.3 Å². The monoisotopic (exact) mass is 422 g/mol. The van der Waals surface area contributed by atoms with Crippen LogP contribution in [0.2, 0.25) is 0 Å². The van der Waals surface area contributed by atoms with Crippen molar-refractivity contribution < 1.29 is 8.78 Å². The minimum atomic E-state index is -0.524. The quantitative estimate of drug-likeness (QED) is 0.443. The highest BCUT2D eigenvalue weighted by atomic mass is 19.1. The van der Waals surface area contributed by atoms with E-state index in [4.69, 9.17) is 0 Å². The summed E-state index contributed by atoms with van der Waals surface area (Å²) >= 11 is 0. The zero-order valence-corrected chi connectivity index (χ0v) is 16.4. The van der Waals surface area contributed by atoms with E-state index >= 15 is 0 Å². The van der Waals surface area contributed by atoms with Crippen molar-refractivity contribution in [3.63, 3.8) is 0 Å². The van der Waals surface area contributed by atoms with E-state index in [0.29, 0.717) is 16.6 Å². The Bertz CT molecular complexity index is 1560. The van der Waals surface area contributed by atoms with E-state index in [9.17, 15) is 18.4 Å². The fourth-order valence-corrected chi connectivity index (χ4v) is 3.60. The van der Waals surface area contributed by atoms with Crippen LogP contribution < -0.4 is 11.2 Å². The first-order valence-electron chi connectivity index (χ1n) is 9.46. The number of benzene rings is 2. The number of aryl methyl sites for hydroxylation is 1. The van der Waals surface area contributed by atoms with Gasteiger partial charge in [-0.25, -0.2) is 22.7 Å². The molecule has 0 unspecified atom stereocenters. The van der Waals surface area contributed by atoms with E-state index in [1.807, 2.05) is 0 Å². The van der Waals surface area contributed by atoms with E-state index in [0.717, 1.165) is 4.68 Å². The molecule has 0 bridgehead atoms. The van der Waals surface area contributed by atoms with E-state index < -0.39 is 22.9 Å². The van der Waals surface area contributed by atoms with Gasteiger partial charge < -0.3 is 0 Å². The molecule has 3 aromatic heterocycles. The Hall–Kier alpha value is -4.08. The standard InChI is InChI=1S/C21H16F2N6O2/c1-26-12-17-18(24-26)19(30)27(10-13-6-8-15(22)9-7-13)20-25-28(21(31)29(17)20)11-14-4-2-3-5-16(14)23/h2-9,12H,10-11H2,1H3. The van der Waals surface area contributed by atoms with Crippen LogP contribution in [-0.2, 0) is 20.1 Å². The summed E-state index contributed by atoms with van der Waals surface area (Å²) in [7, 11) is 1.64. The summed E-state index contributed by atoms with van der Waals surface area (Å²) in [6, 6.07) is 11.8. The normalized spacial score (nSPS) is 11.6. The Morgan fingerprint density at radius 3 is 2.42 bits per heavy atom. The molecular formula is C21H16F2N6O2. The zero-order chi connectivity index (χ0) is 21.7. The number of rotatable bonds is 4. The third kappa shape index (κ3) is 3.12.